The largest absolute Gasteiger partial charge is 0.387 e. The number of hydrogen-bond acceptors (Lipinski definition) is 2. The smallest absolute Gasteiger partial charge is 0.245 e. The first kappa shape index (κ1) is 14.7. The van der Waals surface area contributed by atoms with Gasteiger partial charge in [0.25, 0.3) is 0 Å². The van der Waals surface area contributed by atoms with Gasteiger partial charge >= 0.3 is 0 Å². The molecule has 0 aliphatic rings. The lowest BCUT2D eigenvalue weighted by Crippen LogP contribution is -2.37. The number of amides is 1. The van der Waals surface area contributed by atoms with Crippen molar-refractivity contribution in [1.82, 2.24) is 5.32 Å². The predicted octanol–water partition coefficient (Wildman–Crippen LogP) is 2.20. The Morgan fingerprint density at radius 3 is 2.28 bits per heavy atom. The fourth-order valence-electron chi connectivity index (χ4n) is 1.80. The average Bonchev–Trinajstić information content (AvgIpc) is 2.36. The number of nitrogens with one attached hydrogen (secondary N) is 1. The van der Waals surface area contributed by atoms with Gasteiger partial charge in [0.2, 0.25) is 5.91 Å². The molecule has 0 radical (unpaired) electrons. The number of rotatable bonds is 5. The minimum absolute atomic E-state index is 0.139. The summed E-state index contributed by atoms with van der Waals surface area (Å²) in [6, 6.07) is 8.49. The number of carbonyl (C=O) groups excluding carboxylic acids is 1. The molecule has 1 aromatic rings. The highest BCUT2D eigenvalue weighted by Crippen LogP contribution is 2.24. The molecule has 0 aromatic heterocycles. The standard InChI is InChI=1S/C15H23NO2/c1-11(2)12-5-7-13(8-6-12)15(3,4)10-16-14(18)9-17/h5-8,11,17H,9-10H2,1-4H3,(H,16,18). The van der Waals surface area contributed by atoms with Crippen LogP contribution in [0.2, 0.25) is 0 Å². The van der Waals surface area contributed by atoms with Crippen LogP contribution in [0.3, 0.4) is 0 Å². The topological polar surface area (TPSA) is 49.3 Å². The van der Waals surface area contributed by atoms with Gasteiger partial charge < -0.3 is 10.4 Å². The van der Waals surface area contributed by atoms with Crippen LogP contribution in [-0.2, 0) is 10.2 Å². The maximum absolute atomic E-state index is 11.1. The molecule has 2 N–H and O–H groups in total. The Labute approximate surface area is 109 Å². The third-order valence-electron chi connectivity index (χ3n) is 3.23. The van der Waals surface area contributed by atoms with E-state index in [1.54, 1.807) is 0 Å². The van der Waals surface area contributed by atoms with Crippen LogP contribution < -0.4 is 5.32 Å². The van der Waals surface area contributed by atoms with Crippen LogP contribution >= 0.6 is 0 Å². The van der Waals surface area contributed by atoms with E-state index in [0.29, 0.717) is 12.5 Å². The van der Waals surface area contributed by atoms with Crippen LogP contribution in [0.5, 0.6) is 0 Å². The SMILES string of the molecule is CC(C)c1ccc(C(C)(C)CNC(=O)CO)cc1. The zero-order valence-electron chi connectivity index (χ0n) is 11.7. The Balaban J connectivity index is 2.75. The van der Waals surface area contributed by atoms with E-state index in [1.807, 2.05) is 0 Å². The minimum atomic E-state index is -0.456. The van der Waals surface area contributed by atoms with Crippen LogP contribution in [0.15, 0.2) is 24.3 Å². The van der Waals surface area contributed by atoms with E-state index in [1.165, 1.54) is 11.1 Å². The summed E-state index contributed by atoms with van der Waals surface area (Å²) >= 11 is 0. The van der Waals surface area contributed by atoms with Crippen molar-refractivity contribution in [2.45, 2.75) is 39.0 Å². The minimum Gasteiger partial charge on any atom is -0.387 e. The lowest BCUT2D eigenvalue weighted by atomic mass is 9.83. The van der Waals surface area contributed by atoms with Gasteiger partial charge in [-0.25, -0.2) is 0 Å². The highest BCUT2D eigenvalue weighted by atomic mass is 16.3. The first-order valence-electron chi connectivity index (χ1n) is 6.35. The van der Waals surface area contributed by atoms with E-state index in [-0.39, 0.29) is 11.3 Å². The Bertz CT molecular complexity index is 393. The number of aliphatic hydroxyl groups excluding tert-OH is 1. The van der Waals surface area contributed by atoms with Crippen LogP contribution in [0, 0.1) is 0 Å². The second-order valence-electron chi connectivity index (χ2n) is 5.60. The number of aliphatic hydroxyl groups is 1. The molecule has 0 atom stereocenters. The fraction of sp³-hybridized carbons (Fsp3) is 0.533. The molecule has 0 heterocycles. The van der Waals surface area contributed by atoms with Gasteiger partial charge in [-0.3, -0.25) is 4.79 Å². The van der Waals surface area contributed by atoms with Crippen molar-refractivity contribution < 1.29 is 9.90 Å². The summed E-state index contributed by atoms with van der Waals surface area (Å²) in [6.07, 6.45) is 0. The first-order chi connectivity index (χ1) is 8.36. The third kappa shape index (κ3) is 3.84. The molecule has 100 valence electrons. The van der Waals surface area contributed by atoms with E-state index in [9.17, 15) is 4.79 Å². The van der Waals surface area contributed by atoms with Gasteiger partial charge in [-0.05, 0) is 17.0 Å². The van der Waals surface area contributed by atoms with Gasteiger partial charge in [0.15, 0.2) is 0 Å². The zero-order valence-corrected chi connectivity index (χ0v) is 11.7. The van der Waals surface area contributed by atoms with E-state index >= 15 is 0 Å². The molecule has 0 unspecified atom stereocenters. The van der Waals surface area contributed by atoms with Crippen molar-refractivity contribution in [2.75, 3.05) is 13.2 Å². The molecule has 1 amide bonds. The maximum Gasteiger partial charge on any atom is 0.245 e. The second kappa shape index (κ2) is 6.01. The van der Waals surface area contributed by atoms with Gasteiger partial charge in [0.05, 0.1) is 0 Å². The van der Waals surface area contributed by atoms with Gasteiger partial charge in [-0.15, -0.1) is 0 Å². The maximum atomic E-state index is 11.1. The monoisotopic (exact) mass is 249 g/mol. The summed E-state index contributed by atoms with van der Waals surface area (Å²) in [5, 5.41) is 11.4. The predicted molar refractivity (Wildman–Crippen MR) is 73.7 cm³/mol. The zero-order chi connectivity index (χ0) is 13.8. The van der Waals surface area contributed by atoms with Crippen molar-refractivity contribution in [3.8, 4) is 0 Å². The van der Waals surface area contributed by atoms with Crippen LogP contribution in [0.4, 0.5) is 0 Å². The van der Waals surface area contributed by atoms with Crippen LogP contribution in [0.25, 0.3) is 0 Å². The fourth-order valence-corrected chi connectivity index (χ4v) is 1.80. The van der Waals surface area contributed by atoms with E-state index in [2.05, 4.69) is 57.3 Å². The second-order valence-corrected chi connectivity index (χ2v) is 5.60. The number of benzene rings is 1. The normalized spacial score (nSPS) is 11.7. The third-order valence-corrected chi connectivity index (χ3v) is 3.23. The van der Waals surface area contributed by atoms with Crippen LogP contribution in [0.1, 0.15) is 44.7 Å². The van der Waals surface area contributed by atoms with Crippen molar-refractivity contribution in [1.29, 1.82) is 0 Å². The summed E-state index contributed by atoms with van der Waals surface area (Å²) in [5.74, 6) is 0.193. The average molecular weight is 249 g/mol. The summed E-state index contributed by atoms with van der Waals surface area (Å²) in [7, 11) is 0. The van der Waals surface area contributed by atoms with Crippen molar-refractivity contribution in [2.24, 2.45) is 0 Å². The molecule has 0 saturated carbocycles. The van der Waals surface area contributed by atoms with E-state index < -0.39 is 6.61 Å². The van der Waals surface area contributed by atoms with E-state index in [4.69, 9.17) is 5.11 Å². The molecule has 0 aliphatic heterocycles. The van der Waals surface area contributed by atoms with Crippen molar-refractivity contribution in [3.05, 3.63) is 35.4 Å². The van der Waals surface area contributed by atoms with Crippen LogP contribution in [-0.4, -0.2) is 24.2 Å². The Hall–Kier alpha value is -1.35. The molecule has 0 aliphatic carbocycles. The Morgan fingerprint density at radius 1 is 1.28 bits per heavy atom. The lowest BCUT2D eigenvalue weighted by Gasteiger charge is -2.26. The molecule has 0 bridgehead atoms. The highest BCUT2D eigenvalue weighted by Gasteiger charge is 2.21. The molecule has 0 saturated heterocycles. The lowest BCUT2D eigenvalue weighted by molar-refractivity contribution is -0.124. The molecule has 1 aromatic carbocycles. The molecular weight excluding hydrogens is 226 g/mol. The summed E-state index contributed by atoms with van der Waals surface area (Å²) < 4.78 is 0. The van der Waals surface area contributed by atoms with E-state index in [0.717, 1.165) is 0 Å². The van der Waals surface area contributed by atoms with Gasteiger partial charge in [-0.1, -0.05) is 52.0 Å². The van der Waals surface area contributed by atoms with Gasteiger partial charge in [-0.2, -0.15) is 0 Å². The summed E-state index contributed by atoms with van der Waals surface area (Å²) in [5.41, 5.74) is 2.36. The highest BCUT2D eigenvalue weighted by molar-refractivity contribution is 5.76. The van der Waals surface area contributed by atoms with Gasteiger partial charge in [0, 0.05) is 12.0 Å². The number of carbonyl (C=O) groups is 1. The Morgan fingerprint density at radius 2 is 1.83 bits per heavy atom. The molecule has 0 fully saturated rings. The summed E-state index contributed by atoms with van der Waals surface area (Å²) in [4.78, 5) is 11.1. The molecule has 18 heavy (non-hydrogen) atoms. The molecule has 3 heteroatoms. The van der Waals surface area contributed by atoms with Crippen molar-refractivity contribution >= 4 is 5.91 Å². The molecule has 3 nitrogen and oxygen atoms in total. The van der Waals surface area contributed by atoms with Gasteiger partial charge in [0.1, 0.15) is 6.61 Å². The summed E-state index contributed by atoms with van der Waals surface area (Å²) in [6.45, 7) is 8.56. The number of hydrogen-bond donors (Lipinski definition) is 2. The molecule has 1 rings (SSSR count). The quantitative estimate of drug-likeness (QED) is 0.840. The Kier molecular flexibility index (Phi) is 4.91. The first-order valence-corrected chi connectivity index (χ1v) is 6.35. The molecular formula is C15H23NO2. The molecule has 0 spiro atoms. The van der Waals surface area contributed by atoms with Crippen molar-refractivity contribution in [3.63, 3.8) is 0 Å².